The van der Waals surface area contributed by atoms with E-state index in [1.165, 1.54) is 244 Å². The zero-order valence-corrected chi connectivity index (χ0v) is 66.4. The summed E-state index contributed by atoms with van der Waals surface area (Å²) in [7, 11) is -9.92. The first-order valence-corrected chi connectivity index (χ1v) is 44.6. The molecule has 0 fully saturated rings. The first-order valence-electron chi connectivity index (χ1n) is 41.6. The van der Waals surface area contributed by atoms with Gasteiger partial charge in [-0.3, -0.25) is 37.3 Å². The van der Waals surface area contributed by atoms with Crippen molar-refractivity contribution in [1.29, 1.82) is 0 Å². The number of hydrogen-bond donors (Lipinski definition) is 3. The van der Waals surface area contributed by atoms with Crippen molar-refractivity contribution in [3.8, 4) is 0 Å². The van der Waals surface area contributed by atoms with E-state index in [2.05, 4.69) is 34.6 Å². The highest BCUT2D eigenvalue weighted by molar-refractivity contribution is 7.47. The molecule has 0 radical (unpaired) electrons. The standard InChI is InChI=1S/C80H156O17P2/c1-6-9-12-15-18-21-24-27-30-32-35-37-40-43-48-53-58-63-77(82)90-69-75(96-79(84)66-61-56-50-45-42-39-36-33-31-28-25-22-19-16-13-10-7-2)71-94-98(86,87)92-67-74(81)68-93-99(88,89)95-72-76(70-91-78(83)64-59-54-51-46-47-52-57-62-73(4)5)97-80(85)65-60-55-49-44-41-38-34-29-26-23-20-17-14-11-8-3/h73-76,81H,6-72H2,1-5H3,(H,86,87)(H,88,89)/t74-,75-,76-/m1/s1. The Hall–Kier alpha value is -1.94. The van der Waals surface area contributed by atoms with Crippen molar-refractivity contribution < 1.29 is 80.2 Å². The van der Waals surface area contributed by atoms with E-state index in [4.69, 9.17) is 37.0 Å². The molecular formula is C80H156O17P2. The van der Waals surface area contributed by atoms with Gasteiger partial charge in [0, 0.05) is 25.7 Å². The lowest BCUT2D eigenvalue weighted by molar-refractivity contribution is -0.161. The Morgan fingerprint density at radius 2 is 0.465 bits per heavy atom. The molecule has 0 saturated carbocycles. The third-order valence-corrected chi connectivity index (χ3v) is 20.7. The summed E-state index contributed by atoms with van der Waals surface area (Å²) in [6, 6.07) is 0. The predicted molar refractivity (Wildman–Crippen MR) is 405 cm³/mol. The zero-order valence-electron chi connectivity index (χ0n) is 64.6. The number of unbranched alkanes of at least 4 members (excludes halogenated alkanes) is 52. The van der Waals surface area contributed by atoms with Gasteiger partial charge in [0.2, 0.25) is 0 Å². The van der Waals surface area contributed by atoms with Gasteiger partial charge in [0.05, 0.1) is 26.4 Å². The normalized spacial score (nSPS) is 13.9. The second-order valence-electron chi connectivity index (χ2n) is 29.3. The minimum absolute atomic E-state index is 0.108. The Bertz CT molecular complexity index is 1890. The molecule has 19 heteroatoms. The monoisotopic (exact) mass is 1450 g/mol. The first-order chi connectivity index (χ1) is 48.0. The number of carbonyl (C=O) groups excluding carboxylic acids is 4. The van der Waals surface area contributed by atoms with E-state index in [9.17, 15) is 43.2 Å². The summed E-state index contributed by atoms with van der Waals surface area (Å²) in [6.07, 6.45) is 63.8. The van der Waals surface area contributed by atoms with Gasteiger partial charge >= 0.3 is 39.5 Å². The molecule has 0 aliphatic carbocycles. The van der Waals surface area contributed by atoms with Crippen LogP contribution in [0.5, 0.6) is 0 Å². The number of esters is 4. The van der Waals surface area contributed by atoms with E-state index in [0.29, 0.717) is 31.6 Å². The van der Waals surface area contributed by atoms with Crippen molar-refractivity contribution in [2.24, 2.45) is 5.92 Å². The third-order valence-electron chi connectivity index (χ3n) is 18.8. The molecule has 0 amide bonds. The molecule has 0 rings (SSSR count). The smallest absolute Gasteiger partial charge is 0.462 e. The molecule has 0 saturated heterocycles. The van der Waals surface area contributed by atoms with Crippen LogP contribution in [-0.2, 0) is 65.4 Å². The van der Waals surface area contributed by atoms with E-state index in [-0.39, 0.29) is 25.7 Å². The van der Waals surface area contributed by atoms with E-state index < -0.39 is 97.5 Å². The molecule has 0 aliphatic heterocycles. The molecule has 99 heavy (non-hydrogen) atoms. The minimum Gasteiger partial charge on any atom is -0.462 e. The van der Waals surface area contributed by atoms with E-state index in [1.807, 2.05) is 0 Å². The lowest BCUT2D eigenvalue weighted by Crippen LogP contribution is -2.30. The van der Waals surface area contributed by atoms with Gasteiger partial charge in [-0.15, -0.1) is 0 Å². The van der Waals surface area contributed by atoms with Crippen molar-refractivity contribution in [3.63, 3.8) is 0 Å². The van der Waals surface area contributed by atoms with Crippen LogP contribution in [0.3, 0.4) is 0 Å². The summed E-state index contributed by atoms with van der Waals surface area (Å²) in [4.78, 5) is 73.0. The number of phosphoric acid groups is 2. The number of aliphatic hydroxyl groups is 1. The van der Waals surface area contributed by atoms with Crippen molar-refractivity contribution in [2.45, 2.75) is 445 Å². The van der Waals surface area contributed by atoms with Crippen LogP contribution >= 0.6 is 15.6 Å². The van der Waals surface area contributed by atoms with Gasteiger partial charge in [0.25, 0.3) is 0 Å². The number of rotatable bonds is 80. The quantitative estimate of drug-likeness (QED) is 0.0222. The van der Waals surface area contributed by atoms with Gasteiger partial charge in [-0.1, -0.05) is 375 Å². The highest BCUT2D eigenvalue weighted by Crippen LogP contribution is 2.45. The first kappa shape index (κ1) is 97.1. The maximum Gasteiger partial charge on any atom is 0.472 e. The summed E-state index contributed by atoms with van der Waals surface area (Å²) in [6.45, 7) is 7.28. The molecule has 17 nitrogen and oxygen atoms in total. The third kappa shape index (κ3) is 74.1. The van der Waals surface area contributed by atoms with Gasteiger partial charge in [-0.05, 0) is 31.6 Å². The molecule has 0 bridgehead atoms. The number of hydrogen-bond acceptors (Lipinski definition) is 15. The van der Waals surface area contributed by atoms with Gasteiger partial charge < -0.3 is 33.8 Å². The molecular weight excluding hydrogens is 1290 g/mol. The SMILES string of the molecule is CCCCCCCCCCCCCCCCCCCC(=O)OC[C@H](COP(=O)(O)OC[C@@H](O)COP(=O)(O)OC[C@@H](COC(=O)CCCCCCCCCC(C)C)OC(=O)CCCCCCCCCCCCCCCCC)OC(=O)CCCCCCCCCCCCCCCCCCC. The number of aliphatic hydroxyl groups excluding tert-OH is 1. The largest absolute Gasteiger partial charge is 0.472 e. The lowest BCUT2D eigenvalue weighted by atomic mass is 10.0. The van der Waals surface area contributed by atoms with Crippen molar-refractivity contribution in [3.05, 3.63) is 0 Å². The predicted octanol–water partition coefficient (Wildman–Crippen LogP) is 24.0. The summed E-state index contributed by atoms with van der Waals surface area (Å²) < 4.78 is 68.7. The number of carbonyl (C=O) groups is 4. The molecule has 0 aromatic heterocycles. The Morgan fingerprint density at radius 3 is 0.687 bits per heavy atom. The maximum absolute atomic E-state index is 13.1. The van der Waals surface area contributed by atoms with Gasteiger partial charge in [-0.25, -0.2) is 9.13 Å². The fraction of sp³-hybridized carbons (Fsp3) is 0.950. The van der Waals surface area contributed by atoms with Crippen LogP contribution in [-0.4, -0.2) is 96.7 Å². The maximum atomic E-state index is 13.1. The minimum atomic E-state index is -4.96. The Balaban J connectivity index is 5.24. The van der Waals surface area contributed by atoms with Gasteiger partial charge in [0.15, 0.2) is 12.2 Å². The Labute approximate surface area is 607 Å². The van der Waals surface area contributed by atoms with E-state index in [1.54, 1.807) is 0 Å². The fourth-order valence-corrected chi connectivity index (χ4v) is 14.0. The van der Waals surface area contributed by atoms with Crippen molar-refractivity contribution >= 4 is 39.5 Å². The molecule has 0 heterocycles. The van der Waals surface area contributed by atoms with Gasteiger partial charge in [0.1, 0.15) is 19.3 Å². The highest BCUT2D eigenvalue weighted by atomic mass is 31.2. The fourth-order valence-electron chi connectivity index (χ4n) is 12.4. The summed E-state index contributed by atoms with van der Waals surface area (Å²) >= 11 is 0. The van der Waals surface area contributed by atoms with Crippen LogP contribution in [0, 0.1) is 5.92 Å². The average Bonchev–Trinajstić information content (AvgIpc) is 1.04. The number of ether oxygens (including phenoxy) is 4. The van der Waals surface area contributed by atoms with Crippen molar-refractivity contribution in [1.82, 2.24) is 0 Å². The highest BCUT2D eigenvalue weighted by Gasteiger charge is 2.30. The molecule has 2 unspecified atom stereocenters. The zero-order chi connectivity index (χ0) is 72.7. The molecule has 0 aliphatic rings. The average molecular weight is 1450 g/mol. The summed E-state index contributed by atoms with van der Waals surface area (Å²) in [5, 5.41) is 10.6. The Kier molecular flexibility index (Phi) is 71.6. The van der Waals surface area contributed by atoms with Crippen LogP contribution in [0.25, 0.3) is 0 Å². The number of phosphoric ester groups is 2. The Morgan fingerprint density at radius 1 is 0.273 bits per heavy atom. The van der Waals surface area contributed by atoms with Crippen LogP contribution in [0.4, 0.5) is 0 Å². The molecule has 3 N–H and O–H groups in total. The molecule has 0 spiro atoms. The summed E-state index contributed by atoms with van der Waals surface area (Å²) in [5.74, 6) is -1.40. The van der Waals surface area contributed by atoms with Crippen LogP contribution in [0.1, 0.15) is 426 Å². The van der Waals surface area contributed by atoms with Crippen molar-refractivity contribution in [2.75, 3.05) is 39.6 Å². The van der Waals surface area contributed by atoms with E-state index in [0.717, 1.165) is 96.3 Å². The second kappa shape index (κ2) is 73.0. The lowest BCUT2D eigenvalue weighted by Gasteiger charge is -2.21. The van der Waals surface area contributed by atoms with Crippen LogP contribution in [0.15, 0.2) is 0 Å². The topological polar surface area (TPSA) is 237 Å². The van der Waals surface area contributed by atoms with E-state index >= 15 is 0 Å². The summed E-state index contributed by atoms with van der Waals surface area (Å²) in [5.41, 5.74) is 0. The van der Waals surface area contributed by atoms with Crippen LogP contribution < -0.4 is 0 Å². The van der Waals surface area contributed by atoms with Crippen LogP contribution in [0.2, 0.25) is 0 Å². The second-order valence-corrected chi connectivity index (χ2v) is 32.2. The molecule has 0 aromatic carbocycles. The molecule has 5 atom stereocenters. The van der Waals surface area contributed by atoms with Gasteiger partial charge in [-0.2, -0.15) is 0 Å². The molecule has 588 valence electrons. The molecule has 0 aromatic rings.